The average molecular weight is 391 g/mol. The highest BCUT2D eigenvalue weighted by atomic mass is 16.5. The lowest BCUT2D eigenvalue weighted by Gasteiger charge is -2.16. The molecule has 1 fully saturated rings. The Hall–Kier alpha value is -3.68. The molecule has 8 heteroatoms. The van der Waals surface area contributed by atoms with E-state index in [0.717, 1.165) is 11.4 Å². The maximum atomic E-state index is 13.0. The largest absolute Gasteiger partial charge is 0.497 e. The van der Waals surface area contributed by atoms with E-state index in [2.05, 4.69) is 10.1 Å². The number of amides is 1. The molecule has 0 aliphatic carbocycles. The van der Waals surface area contributed by atoms with Crippen molar-refractivity contribution in [3.05, 3.63) is 66.1 Å². The Balaban J connectivity index is 1.49. The van der Waals surface area contributed by atoms with Crippen LogP contribution in [0.15, 0.2) is 55.0 Å². The van der Waals surface area contributed by atoms with Crippen LogP contribution in [0.25, 0.3) is 5.69 Å². The maximum absolute atomic E-state index is 13.0. The third-order valence-corrected chi connectivity index (χ3v) is 5.14. The molecule has 1 aliphatic rings. The summed E-state index contributed by atoms with van der Waals surface area (Å²) in [5, 5.41) is 4.28. The average Bonchev–Trinajstić information content (AvgIpc) is 3.41. The van der Waals surface area contributed by atoms with Crippen molar-refractivity contribution in [2.75, 3.05) is 25.9 Å². The van der Waals surface area contributed by atoms with Crippen LogP contribution in [-0.4, -0.2) is 51.6 Å². The highest BCUT2D eigenvalue weighted by Crippen LogP contribution is 2.26. The molecule has 1 aliphatic heterocycles. The summed E-state index contributed by atoms with van der Waals surface area (Å²) in [6, 6.07) is 10.7. The van der Waals surface area contributed by atoms with Crippen LogP contribution in [0.2, 0.25) is 0 Å². The van der Waals surface area contributed by atoms with E-state index in [9.17, 15) is 9.59 Å². The van der Waals surface area contributed by atoms with Gasteiger partial charge in [-0.25, -0.2) is 4.68 Å². The van der Waals surface area contributed by atoms with Gasteiger partial charge >= 0.3 is 0 Å². The molecule has 2 N–H and O–H groups in total. The number of anilines is 1. The van der Waals surface area contributed by atoms with Gasteiger partial charge in [0, 0.05) is 31.4 Å². The number of Topliss-reactive ketones (excluding diaryl/α,β-unsaturated/α-hetero) is 1. The Morgan fingerprint density at radius 2 is 1.97 bits per heavy atom. The number of ether oxygens (including phenoxy) is 1. The van der Waals surface area contributed by atoms with Crippen molar-refractivity contribution in [2.24, 2.45) is 5.92 Å². The van der Waals surface area contributed by atoms with Gasteiger partial charge in [0.25, 0.3) is 5.91 Å². The van der Waals surface area contributed by atoms with Crippen LogP contribution >= 0.6 is 0 Å². The fourth-order valence-electron chi connectivity index (χ4n) is 3.53. The first-order chi connectivity index (χ1) is 14.1. The SMILES string of the molecule is COc1ccc(-n2ncc(C(=O)[C@@H]3CCN(C(=O)c4cccnc4)C3)c2N)cc1. The van der Waals surface area contributed by atoms with E-state index in [-0.39, 0.29) is 23.4 Å². The van der Waals surface area contributed by atoms with E-state index in [1.54, 1.807) is 42.5 Å². The molecular weight excluding hydrogens is 370 g/mol. The molecule has 3 heterocycles. The minimum atomic E-state index is -0.300. The number of hydrogen-bond acceptors (Lipinski definition) is 6. The molecule has 3 aromatic rings. The van der Waals surface area contributed by atoms with Crippen molar-refractivity contribution in [3.63, 3.8) is 0 Å². The van der Waals surface area contributed by atoms with E-state index in [1.807, 2.05) is 12.1 Å². The molecule has 1 saturated heterocycles. The Kier molecular flexibility index (Phi) is 4.99. The van der Waals surface area contributed by atoms with Crippen LogP contribution in [0.1, 0.15) is 27.1 Å². The number of benzene rings is 1. The number of methoxy groups -OCH3 is 1. The third kappa shape index (κ3) is 3.56. The van der Waals surface area contributed by atoms with Gasteiger partial charge < -0.3 is 15.4 Å². The second kappa shape index (κ2) is 7.75. The predicted octanol–water partition coefficient (Wildman–Crippen LogP) is 2.20. The van der Waals surface area contributed by atoms with E-state index in [0.29, 0.717) is 30.6 Å². The number of nitrogens with zero attached hydrogens (tertiary/aromatic N) is 4. The Morgan fingerprint density at radius 1 is 1.17 bits per heavy atom. The van der Waals surface area contributed by atoms with E-state index < -0.39 is 0 Å². The Labute approximate surface area is 167 Å². The smallest absolute Gasteiger partial charge is 0.255 e. The monoisotopic (exact) mass is 391 g/mol. The summed E-state index contributed by atoms with van der Waals surface area (Å²) < 4.78 is 6.68. The fraction of sp³-hybridized carbons (Fsp3) is 0.238. The van der Waals surface area contributed by atoms with Crippen molar-refractivity contribution in [3.8, 4) is 11.4 Å². The van der Waals surface area contributed by atoms with Gasteiger partial charge in [0.1, 0.15) is 11.6 Å². The molecule has 0 saturated carbocycles. The molecule has 4 rings (SSSR count). The van der Waals surface area contributed by atoms with E-state index in [1.165, 1.54) is 17.1 Å². The van der Waals surface area contributed by atoms with Gasteiger partial charge in [-0.3, -0.25) is 14.6 Å². The quantitative estimate of drug-likeness (QED) is 0.669. The summed E-state index contributed by atoms with van der Waals surface area (Å²) >= 11 is 0. The first-order valence-corrected chi connectivity index (χ1v) is 9.30. The van der Waals surface area contributed by atoms with Crippen LogP contribution in [-0.2, 0) is 0 Å². The Morgan fingerprint density at radius 3 is 2.66 bits per heavy atom. The number of likely N-dealkylation sites (tertiary alicyclic amines) is 1. The molecule has 1 aromatic carbocycles. The zero-order chi connectivity index (χ0) is 20.4. The molecule has 0 unspecified atom stereocenters. The summed E-state index contributed by atoms with van der Waals surface area (Å²) in [7, 11) is 1.60. The highest BCUT2D eigenvalue weighted by molar-refractivity contribution is 6.03. The van der Waals surface area contributed by atoms with Crippen LogP contribution < -0.4 is 10.5 Å². The fourth-order valence-corrected chi connectivity index (χ4v) is 3.53. The molecule has 148 valence electrons. The van der Waals surface area contributed by atoms with Gasteiger partial charge in [-0.2, -0.15) is 5.10 Å². The van der Waals surface area contributed by atoms with E-state index in [4.69, 9.17) is 10.5 Å². The number of ketones is 1. The summed E-state index contributed by atoms with van der Waals surface area (Å²) in [4.78, 5) is 31.3. The molecule has 8 nitrogen and oxygen atoms in total. The van der Waals surface area contributed by atoms with Crippen LogP contribution in [0.3, 0.4) is 0 Å². The minimum absolute atomic E-state index is 0.0938. The zero-order valence-electron chi connectivity index (χ0n) is 16.0. The lowest BCUT2D eigenvalue weighted by molar-refractivity contribution is 0.0780. The number of carbonyl (C=O) groups excluding carboxylic acids is 2. The summed E-state index contributed by atoms with van der Waals surface area (Å²) in [6.07, 6.45) is 5.25. The van der Waals surface area contributed by atoms with E-state index >= 15 is 0 Å². The van der Waals surface area contributed by atoms with Gasteiger partial charge in [0.05, 0.1) is 30.1 Å². The minimum Gasteiger partial charge on any atom is -0.497 e. The third-order valence-electron chi connectivity index (χ3n) is 5.14. The number of hydrogen-bond donors (Lipinski definition) is 1. The highest BCUT2D eigenvalue weighted by Gasteiger charge is 2.33. The van der Waals surface area contributed by atoms with Crippen molar-refractivity contribution in [2.45, 2.75) is 6.42 Å². The number of nitrogen functional groups attached to an aromatic ring is 1. The topological polar surface area (TPSA) is 103 Å². The number of aromatic nitrogens is 3. The lowest BCUT2D eigenvalue weighted by atomic mass is 9.98. The molecule has 0 bridgehead atoms. The van der Waals surface area contributed by atoms with Crippen molar-refractivity contribution in [1.29, 1.82) is 0 Å². The molecule has 29 heavy (non-hydrogen) atoms. The van der Waals surface area contributed by atoms with Crippen LogP contribution in [0.4, 0.5) is 5.82 Å². The summed E-state index contributed by atoms with van der Waals surface area (Å²) in [6.45, 7) is 0.885. The number of pyridine rings is 1. The molecule has 1 atom stereocenters. The van der Waals surface area contributed by atoms with Crippen molar-refractivity contribution in [1.82, 2.24) is 19.7 Å². The predicted molar refractivity (Wildman–Crippen MR) is 107 cm³/mol. The van der Waals surface area contributed by atoms with Crippen LogP contribution in [0.5, 0.6) is 5.75 Å². The Bertz CT molecular complexity index is 1030. The maximum Gasteiger partial charge on any atom is 0.255 e. The van der Waals surface area contributed by atoms with Gasteiger partial charge in [-0.15, -0.1) is 0 Å². The number of rotatable bonds is 5. The molecule has 1 amide bonds. The molecule has 0 radical (unpaired) electrons. The number of nitrogens with two attached hydrogens (primary N) is 1. The molecule has 2 aromatic heterocycles. The van der Waals surface area contributed by atoms with Gasteiger partial charge in [0.15, 0.2) is 5.78 Å². The van der Waals surface area contributed by atoms with Gasteiger partial charge in [0.2, 0.25) is 0 Å². The van der Waals surface area contributed by atoms with Crippen molar-refractivity contribution >= 4 is 17.5 Å². The summed E-state index contributed by atoms with van der Waals surface area (Å²) in [5.41, 5.74) is 7.85. The van der Waals surface area contributed by atoms with Crippen LogP contribution in [0, 0.1) is 5.92 Å². The second-order valence-electron chi connectivity index (χ2n) is 6.90. The standard InChI is InChI=1S/C21H21N5O3/c1-29-17-6-4-16(5-7-17)26-20(22)18(12-24-26)19(27)15-8-10-25(13-15)21(28)14-3-2-9-23-11-14/h2-7,9,11-12,15H,8,10,13,22H2,1H3/t15-/m1/s1. The van der Waals surface area contributed by atoms with Crippen molar-refractivity contribution < 1.29 is 14.3 Å². The number of carbonyl (C=O) groups is 2. The normalized spacial score (nSPS) is 16.0. The lowest BCUT2D eigenvalue weighted by Crippen LogP contribution is -2.30. The first kappa shape index (κ1) is 18.7. The van der Waals surface area contributed by atoms with Gasteiger partial charge in [-0.05, 0) is 42.8 Å². The second-order valence-corrected chi connectivity index (χ2v) is 6.90. The molecular formula is C21H21N5O3. The van der Waals surface area contributed by atoms with Gasteiger partial charge in [-0.1, -0.05) is 0 Å². The molecule has 0 spiro atoms. The zero-order valence-corrected chi connectivity index (χ0v) is 16.0. The first-order valence-electron chi connectivity index (χ1n) is 9.30. The summed E-state index contributed by atoms with van der Waals surface area (Å²) in [5.74, 6) is 0.503.